The van der Waals surface area contributed by atoms with Crippen molar-refractivity contribution in [3.05, 3.63) is 57.8 Å². The molecule has 2 nitrogen and oxygen atoms in total. The first-order valence-corrected chi connectivity index (χ1v) is 6.92. The third-order valence-corrected chi connectivity index (χ3v) is 3.59. The molecule has 0 heterocycles. The van der Waals surface area contributed by atoms with Crippen molar-refractivity contribution in [3.8, 4) is 0 Å². The van der Waals surface area contributed by atoms with Gasteiger partial charge >= 0.3 is 0 Å². The smallest absolute Gasteiger partial charge is 0.175 e. The number of hydrogen-bond acceptors (Lipinski definition) is 1. The van der Waals surface area contributed by atoms with E-state index in [9.17, 15) is 4.39 Å². The van der Waals surface area contributed by atoms with Crippen molar-refractivity contribution in [1.82, 2.24) is 0 Å². The molecule has 6 heteroatoms. The molecule has 0 aromatic heterocycles. The van der Waals surface area contributed by atoms with Gasteiger partial charge in [0.2, 0.25) is 0 Å². The van der Waals surface area contributed by atoms with Crippen LogP contribution in [0.5, 0.6) is 0 Å². The van der Waals surface area contributed by atoms with E-state index in [1.807, 2.05) is 6.92 Å². The second kappa shape index (κ2) is 6.39. The molecule has 0 atom stereocenters. The number of thiocarbonyl (C=S) groups is 1. The minimum Gasteiger partial charge on any atom is -0.331 e. The van der Waals surface area contributed by atoms with Gasteiger partial charge in [0.25, 0.3) is 0 Å². The minimum atomic E-state index is -0.378. The van der Waals surface area contributed by atoms with Gasteiger partial charge in [0.05, 0.1) is 21.4 Å². The van der Waals surface area contributed by atoms with Gasteiger partial charge < -0.3 is 10.6 Å². The molecule has 20 heavy (non-hydrogen) atoms. The van der Waals surface area contributed by atoms with Crippen molar-refractivity contribution in [2.24, 2.45) is 0 Å². The Bertz CT molecular complexity index is 656. The number of hydrogen-bond donors (Lipinski definition) is 2. The molecule has 0 aliphatic carbocycles. The summed E-state index contributed by atoms with van der Waals surface area (Å²) in [5.74, 6) is -0.378. The third kappa shape index (κ3) is 3.60. The molecule has 0 bridgehead atoms. The van der Waals surface area contributed by atoms with Crippen molar-refractivity contribution in [3.63, 3.8) is 0 Å². The van der Waals surface area contributed by atoms with E-state index in [0.717, 1.165) is 5.56 Å². The van der Waals surface area contributed by atoms with Gasteiger partial charge in [-0.2, -0.15) is 0 Å². The number of anilines is 2. The van der Waals surface area contributed by atoms with E-state index in [1.54, 1.807) is 30.3 Å². The average Bonchev–Trinajstić information content (AvgIpc) is 2.39. The van der Waals surface area contributed by atoms with Crippen molar-refractivity contribution in [2.45, 2.75) is 6.92 Å². The molecule has 0 aliphatic heterocycles. The van der Waals surface area contributed by atoms with Crippen molar-refractivity contribution in [1.29, 1.82) is 0 Å². The first-order valence-electron chi connectivity index (χ1n) is 5.75. The number of nitrogens with one attached hydrogen (secondary N) is 2. The molecule has 2 aromatic carbocycles. The van der Waals surface area contributed by atoms with Gasteiger partial charge in [-0.25, -0.2) is 4.39 Å². The van der Waals surface area contributed by atoms with E-state index >= 15 is 0 Å². The standard InChI is InChI=1S/C14H11Cl2FN2S/c1-8-5-6-10(17)12(7-8)19-14(20)18-11-4-2-3-9(15)13(11)16/h2-7H,1H3,(H2,18,19,20). The van der Waals surface area contributed by atoms with Gasteiger partial charge in [0, 0.05) is 0 Å². The van der Waals surface area contributed by atoms with Crippen LogP contribution in [0.15, 0.2) is 36.4 Å². The summed E-state index contributed by atoms with van der Waals surface area (Å²) in [4.78, 5) is 0. The Balaban J connectivity index is 2.13. The van der Waals surface area contributed by atoms with E-state index in [-0.39, 0.29) is 10.9 Å². The van der Waals surface area contributed by atoms with Crippen LogP contribution in [-0.4, -0.2) is 5.11 Å². The monoisotopic (exact) mass is 328 g/mol. The van der Waals surface area contributed by atoms with E-state index in [1.165, 1.54) is 6.07 Å². The molecule has 0 unspecified atom stereocenters. The lowest BCUT2D eigenvalue weighted by Crippen LogP contribution is -2.20. The number of aryl methyl sites for hydroxylation is 1. The fourth-order valence-electron chi connectivity index (χ4n) is 1.61. The summed E-state index contributed by atoms with van der Waals surface area (Å²) in [7, 11) is 0. The van der Waals surface area contributed by atoms with Crippen LogP contribution < -0.4 is 10.6 Å². The molecule has 0 saturated carbocycles. The molecule has 0 aliphatic rings. The average molecular weight is 329 g/mol. The summed E-state index contributed by atoms with van der Waals surface area (Å²) in [5.41, 5.74) is 1.79. The van der Waals surface area contributed by atoms with Gasteiger partial charge in [-0.3, -0.25) is 0 Å². The first-order chi connectivity index (χ1) is 9.47. The van der Waals surface area contributed by atoms with Gasteiger partial charge in [-0.1, -0.05) is 35.3 Å². The van der Waals surface area contributed by atoms with E-state index in [2.05, 4.69) is 10.6 Å². The largest absolute Gasteiger partial charge is 0.331 e. The van der Waals surface area contributed by atoms with Gasteiger partial charge in [0.15, 0.2) is 5.11 Å². The van der Waals surface area contributed by atoms with E-state index in [0.29, 0.717) is 21.4 Å². The first kappa shape index (κ1) is 15.0. The fourth-order valence-corrected chi connectivity index (χ4v) is 2.18. The van der Waals surface area contributed by atoms with Crippen LogP contribution in [0.1, 0.15) is 5.56 Å². The molecule has 0 amide bonds. The van der Waals surface area contributed by atoms with Crippen LogP contribution in [0.4, 0.5) is 15.8 Å². The van der Waals surface area contributed by atoms with Crippen molar-refractivity contribution < 1.29 is 4.39 Å². The van der Waals surface area contributed by atoms with Crippen LogP contribution in [0, 0.1) is 12.7 Å². The quantitative estimate of drug-likeness (QED) is 0.736. The Morgan fingerprint density at radius 1 is 1.10 bits per heavy atom. The lowest BCUT2D eigenvalue weighted by atomic mass is 10.2. The lowest BCUT2D eigenvalue weighted by molar-refractivity contribution is 0.632. The maximum absolute atomic E-state index is 13.6. The molecule has 104 valence electrons. The normalized spacial score (nSPS) is 10.2. The molecule has 2 rings (SSSR count). The zero-order valence-corrected chi connectivity index (χ0v) is 12.8. The summed E-state index contributed by atoms with van der Waals surface area (Å²) >= 11 is 17.1. The van der Waals surface area contributed by atoms with Crippen LogP contribution in [0.3, 0.4) is 0 Å². The van der Waals surface area contributed by atoms with Crippen LogP contribution in [0.25, 0.3) is 0 Å². The molecule has 2 aromatic rings. The second-order valence-electron chi connectivity index (χ2n) is 4.16. The summed E-state index contributed by atoms with van der Waals surface area (Å²) in [6.45, 7) is 1.87. The van der Waals surface area contributed by atoms with Gasteiger partial charge in [0.1, 0.15) is 5.82 Å². The molecular formula is C14H11Cl2FN2S. The highest BCUT2D eigenvalue weighted by Gasteiger charge is 2.08. The van der Waals surface area contributed by atoms with Crippen LogP contribution in [-0.2, 0) is 0 Å². The highest BCUT2D eigenvalue weighted by Crippen LogP contribution is 2.29. The predicted octanol–water partition coefficient (Wildman–Crippen LogP) is 5.25. The Kier molecular flexibility index (Phi) is 4.81. The molecule has 0 saturated heterocycles. The Hall–Kier alpha value is -1.36. The molecular weight excluding hydrogens is 318 g/mol. The fraction of sp³-hybridized carbons (Fsp3) is 0.0714. The van der Waals surface area contributed by atoms with Crippen LogP contribution >= 0.6 is 35.4 Å². The molecule has 0 spiro atoms. The minimum absolute atomic E-state index is 0.235. The SMILES string of the molecule is Cc1ccc(F)c(NC(=S)Nc2cccc(Cl)c2Cl)c1. The zero-order valence-electron chi connectivity index (χ0n) is 10.5. The van der Waals surface area contributed by atoms with E-state index in [4.69, 9.17) is 35.4 Å². The number of halogens is 3. The van der Waals surface area contributed by atoms with Gasteiger partial charge in [-0.15, -0.1) is 0 Å². The third-order valence-electron chi connectivity index (χ3n) is 2.57. The van der Waals surface area contributed by atoms with E-state index < -0.39 is 0 Å². The molecule has 2 N–H and O–H groups in total. The Labute approximate surface area is 131 Å². The summed E-state index contributed by atoms with van der Waals surface area (Å²) in [5, 5.41) is 6.69. The summed E-state index contributed by atoms with van der Waals surface area (Å²) in [6.07, 6.45) is 0. The van der Waals surface area contributed by atoms with Crippen LogP contribution in [0.2, 0.25) is 10.0 Å². The topological polar surface area (TPSA) is 24.1 Å². The number of rotatable bonds is 2. The van der Waals surface area contributed by atoms with Gasteiger partial charge in [-0.05, 0) is 49.0 Å². The predicted molar refractivity (Wildman–Crippen MR) is 87.4 cm³/mol. The lowest BCUT2D eigenvalue weighted by Gasteiger charge is -2.13. The number of benzene rings is 2. The Morgan fingerprint density at radius 2 is 1.80 bits per heavy atom. The highest BCUT2D eigenvalue weighted by atomic mass is 35.5. The zero-order chi connectivity index (χ0) is 14.7. The highest BCUT2D eigenvalue weighted by molar-refractivity contribution is 7.80. The molecule has 0 radical (unpaired) electrons. The maximum atomic E-state index is 13.6. The molecule has 0 fully saturated rings. The Morgan fingerprint density at radius 3 is 2.55 bits per heavy atom. The summed E-state index contributed by atoms with van der Waals surface area (Å²) in [6, 6.07) is 9.88. The van der Waals surface area contributed by atoms with Crippen molar-refractivity contribution in [2.75, 3.05) is 10.6 Å². The summed E-state index contributed by atoms with van der Waals surface area (Å²) < 4.78 is 13.6. The second-order valence-corrected chi connectivity index (χ2v) is 5.36. The maximum Gasteiger partial charge on any atom is 0.175 e. The van der Waals surface area contributed by atoms with Crippen molar-refractivity contribution >= 4 is 51.9 Å².